The van der Waals surface area contributed by atoms with E-state index >= 15 is 0 Å². The number of nitrogens with one attached hydrogen (secondary N) is 1. The first-order chi connectivity index (χ1) is 8.47. The van der Waals surface area contributed by atoms with E-state index in [2.05, 4.69) is 5.32 Å². The zero-order chi connectivity index (χ0) is 13.3. The van der Waals surface area contributed by atoms with Crippen LogP contribution in [0.1, 0.15) is 12.8 Å². The van der Waals surface area contributed by atoms with Gasteiger partial charge in [-0.2, -0.15) is 0 Å². The van der Waals surface area contributed by atoms with E-state index in [1.807, 2.05) is 0 Å². The molecule has 1 saturated carbocycles. The number of anilines is 1. The van der Waals surface area contributed by atoms with E-state index in [1.54, 1.807) is 0 Å². The molecule has 6 heteroatoms. The predicted molar refractivity (Wildman–Crippen MR) is 58.8 cm³/mol. The number of carbonyl (C=O) groups is 2. The molecule has 2 rings (SSSR count). The third-order valence-corrected chi connectivity index (χ3v) is 2.77. The molecule has 4 nitrogen and oxygen atoms in total. The summed E-state index contributed by atoms with van der Waals surface area (Å²) in [7, 11) is 0. The number of hydrogen-bond acceptors (Lipinski definition) is 2. The highest BCUT2D eigenvalue weighted by Gasteiger charge is 2.41. The molecule has 0 spiro atoms. The normalized spacial score (nSPS) is 16.1. The Balaban J connectivity index is 2.12. The summed E-state index contributed by atoms with van der Waals surface area (Å²) in [4.78, 5) is 22.7. The fourth-order valence-electron chi connectivity index (χ4n) is 1.80. The molecular weight excluding hydrogens is 244 g/mol. The minimum Gasteiger partial charge on any atom is -0.481 e. The number of amides is 1. The molecule has 1 fully saturated rings. The first-order valence-corrected chi connectivity index (χ1v) is 5.47. The van der Waals surface area contributed by atoms with Gasteiger partial charge >= 0.3 is 5.97 Å². The Labute approximate surface area is 102 Å². The summed E-state index contributed by atoms with van der Waals surface area (Å²) in [6, 6.07) is 2.55. The first-order valence-electron chi connectivity index (χ1n) is 5.47. The van der Waals surface area contributed by atoms with Gasteiger partial charge in [-0.3, -0.25) is 9.59 Å². The number of hydrogen-bond donors (Lipinski definition) is 2. The lowest BCUT2D eigenvalue weighted by molar-refractivity contribution is -0.146. The van der Waals surface area contributed by atoms with Crippen molar-refractivity contribution in [3.63, 3.8) is 0 Å². The second-order valence-electron chi connectivity index (χ2n) is 4.30. The Bertz CT molecular complexity index is 480. The number of benzene rings is 1. The second kappa shape index (κ2) is 4.72. The van der Waals surface area contributed by atoms with E-state index < -0.39 is 29.4 Å². The summed E-state index contributed by atoms with van der Waals surface area (Å²) in [5, 5.41) is 11.2. The van der Waals surface area contributed by atoms with Gasteiger partial charge in [0.15, 0.2) is 0 Å². The van der Waals surface area contributed by atoms with Crippen LogP contribution in [0.3, 0.4) is 0 Å². The number of carboxylic acids is 1. The SMILES string of the molecule is O=C(O)C(C(=O)Nc1cc(F)cc(F)c1)C1CC1. The fraction of sp³-hybridized carbons (Fsp3) is 0.333. The predicted octanol–water partition coefficient (Wildman–Crippen LogP) is 2.01. The fourth-order valence-corrected chi connectivity index (χ4v) is 1.80. The minimum atomic E-state index is -1.22. The van der Waals surface area contributed by atoms with E-state index in [-0.39, 0.29) is 11.6 Å². The molecule has 0 bridgehead atoms. The van der Waals surface area contributed by atoms with Crippen molar-refractivity contribution in [2.45, 2.75) is 12.8 Å². The monoisotopic (exact) mass is 255 g/mol. The third kappa shape index (κ3) is 2.82. The highest BCUT2D eigenvalue weighted by Crippen LogP contribution is 2.37. The van der Waals surface area contributed by atoms with Gasteiger partial charge in [-0.25, -0.2) is 8.78 Å². The summed E-state index contributed by atoms with van der Waals surface area (Å²) in [6.07, 6.45) is 1.36. The number of carbonyl (C=O) groups excluding carboxylic acids is 1. The van der Waals surface area contributed by atoms with Crippen LogP contribution < -0.4 is 5.32 Å². The molecule has 1 atom stereocenters. The lowest BCUT2D eigenvalue weighted by Crippen LogP contribution is -2.31. The Kier molecular flexibility index (Phi) is 3.27. The summed E-state index contributed by atoms with van der Waals surface area (Å²) < 4.78 is 25.8. The van der Waals surface area contributed by atoms with E-state index in [0.717, 1.165) is 12.1 Å². The molecular formula is C12H11F2NO3. The number of aliphatic carboxylic acids is 1. The summed E-state index contributed by atoms with van der Waals surface area (Å²) in [5.74, 6) is -4.95. The lowest BCUT2D eigenvalue weighted by Gasteiger charge is -2.11. The van der Waals surface area contributed by atoms with Gasteiger partial charge in [0, 0.05) is 11.8 Å². The van der Waals surface area contributed by atoms with E-state index in [0.29, 0.717) is 18.9 Å². The Morgan fingerprint density at radius 1 is 1.22 bits per heavy atom. The van der Waals surface area contributed by atoms with Gasteiger partial charge < -0.3 is 10.4 Å². The zero-order valence-corrected chi connectivity index (χ0v) is 9.32. The lowest BCUT2D eigenvalue weighted by atomic mass is 10.0. The maximum absolute atomic E-state index is 12.9. The summed E-state index contributed by atoms with van der Waals surface area (Å²) in [6.45, 7) is 0. The molecule has 0 radical (unpaired) electrons. The van der Waals surface area contributed by atoms with Gasteiger partial charge in [0.25, 0.3) is 0 Å². The van der Waals surface area contributed by atoms with Crippen LogP contribution in [0, 0.1) is 23.5 Å². The maximum atomic E-state index is 12.9. The Morgan fingerprint density at radius 2 is 1.78 bits per heavy atom. The molecule has 1 aromatic rings. The average Bonchev–Trinajstić information content (AvgIpc) is 2.99. The minimum absolute atomic E-state index is 0.0793. The molecule has 0 saturated heterocycles. The van der Waals surface area contributed by atoms with Crippen molar-refractivity contribution in [3.05, 3.63) is 29.8 Å². The summed E-state index contributed by atoms with van der Waals surface area (Å²) >= 11 is 0. The zero-order valence-electron chi connectivity index (χ0n) is 9.32. The van der Waals surface area contributed by atoms with Crippen molar-refractivity contribution in [2.75, 3.05) is 5.32 Å². The topological polar surface area (TPSA) is 66.4 Å². The van der Waals surface area contributed by atoms with Crippen LogP contribution >= 0.6 is 0 Å². The molecule has 1 aromatic carbocycles. The third-order valence-electron chi connectivity index (χ3n) is 2.77. The summed E-state index contributed by atoms with van der Waals surface area (Å²) in [5.41, 5.74) is -0.0793. The van der Waals surface area contributed by atoms with Gasteiger partial charge in [-0.05, 0) is 30.9 Å². The number of halogens is 2. The maximum Gasteiger partial charge on any atom is 0.316 e. The molecule has 1 aliphatic carbocycles. The van der Waals surface area contributed by atoms with Crippen molar-refractivity contribution in [1.82, 2.24) is 0 Å². The van der Waals surface area contributed by atoms with Crippen LogP contribution in [-0.2, 0) is 9.59 Å². The van der Waals surface area contributed by atoms with Gasteiger partial charge in [0.05, 0.1) is 0 Å². The molecule has 96 valence electrons. The highest BCUT2D eigenvalue weighted by atomic mass is 19.1. The molecule has 0 aliphatic heterocycles. The average molecular weight is 255 g/mol. The van der Waals surface area contributed by atoms with Gasteiger partial charge in [-0.1, -0.05) is 0 Å². The first kappa shape index (κ1) is 12.5. The molecule has 1 aliphatic rings. The van der Waals surface area contributed by atoms with E-state index in [4.69, 9.17) is 5.11 Å². The van der Waals surface area contributed by atoms with Crippen LogP contribution in [0.5, 0.6) is 0 Å². The number of carboxylic acid groups (broad SMARTS) is 1. The van der Waals surface area contributed by atoms with Gasteiger partial charge in [0.1, 0.15) is 17.6 Å². The standard InChI is InChI=1S/C12H11F2NO3/c13-7-3-8(14)5-9(4-7)15-11(16)10(12(17)18)6-1-2-6/h3-6,10H,1-2H2,(H,15,16)(H,17,18). The van der Waals surface area contributed by atoms with Crippen molar-refractivity contribution in [3.8, 4) is 0 Å². The smallest absolute Gasteiger partial charge is 0.316 e. The van der Waals surface area contributed by atoms with E-state index in [9.17, 15) is 18.4 Å². The van der Waals surface area contributed by atoms with Crippen molar-refractivity contribution in [2.24, 2.45) is 11.8 Å². The van der Waals surface area contributed by atoms with E-state index in [1.165, 1.54) is 0 Å². The van der Waals surface area contributed by atoms with Crippen molar-refractivity contribution < 1.29 is 23.5 Å². The van der Waals surface area contributed by atoms with Crippen molar-refractivity contribution in [1.29, 1.82) is 0 Å². The van der Waals surface area contributed by atoms with Crippen LogP contribution in [0.15, 0.2) is 18.2 Å². The largest absolute Gasteiger partial charge is 0.481 e. The van der Waals surface area contributed by atoms with Crippen LogP contribution in [0.25, 0.3) is 0 Å². The van der Waals surface area contributed by atoms with Crippen LogP contribution in [0.4, 0.5) is 14.5 Å². The molecule has 1 amide bonds. The molecule has 18 heavy (non-hydrogen) atoms. The van der Waals surface area contributed by atoms with Gasteiger partial charge in [-0.15, -0.1) is 0 Å². The molecule has 0 heterocycles. The van der Waals surface area contributed by atoms with Crippen LogP contribution in [-0.4, -0.2) is 17.0 Å². The number of rotatable bonds is 4. The van der Waals surface area contributed by atoms with Crippen LogP contribution in [0.2, 0.25) is 0 Å². The second-order valence-corrected chi connectivity index (χ2v) is 4.30. The highest BCUT2D eigenvalue weighted by molar-refractivity contribution is 6.04. The Hall–Kier alpha value is -1.98. The quantitative estimate of drug-likeness (QED) is 0.809. The molecule has 2 N–H and O–H groups in total. The molecule has 0 aromatic heterocycles. The Morgan fingerprint density at radius 3 is 2.22 bits per heavy atom. The van der Waals surface area contributed by atoms with Gasteiger partial charge in [0.2, 0.25) is 5.91 Å². The van der Waals surface area contributed by atoms with Crippen molar-refractivity contribution >= 4 is 17.6 Å². The molecule has 1 unspecified atom stereocenters.